The molecule has 0 saturated heterocycles. The first-order valence-electron chi connectivity index (χ1n) is 6.31. The van der Waals surface area contributed by atoms with E-state index in [2.05, 4.69) is 5.32 Å². The van der Waals surface area contributed by atoms with Gasteiger partial charge in [-0.05, 0) is 18.6 Å². The minimum absolute atomic E-state index is 0.305. The number of carboxylic acids is 1. The molecule has 0 aliphatic rings. The molecule has 1 rings (SSSR count). The van der Waals surface area contributed by atoms with E-state index in [1.807, 2.05) is 6.92 Å². The van der Waals surface area contributed by atoms with Crippen LogP contribution >= 0.6 is 0 Å². The molecule has 1 atom stereocenters. The molecule has 0 aliphatic heterocycles. The molecule has 1 unspecified atom stereocenters. The van der Waals surface area contributed by atoms with Crippen molar-refractivity contribution < 1.29 is 19.1 Å². The molecule has 6 heteroatoms. The summed E-state index contributed by atoms with van der Waals surface area (Å²) in [6.45, 7) is 2.28. The standard InChI is InChI=1S/C13H20N2O4/c1-3-4-7-11(12(16)17)14-13(18)15(2)9-10-6-5-8-19-10/h5-6,8,11H,3-4,7,9H2,1-2H3,(H,14,18)(H,16,17). The van der Waals surface area contributed by atoms with Gasteiger partial charge in [0.05, 0.1) is 12.8 Å². The van der Waals surface area contributed by atoms with Crippen molar-refractivity contribution in [2.24, 2.45) is 0 Å². The van der Waals surface area contributed by atoms with Gasteiger partial charge in [0.25, 0.3) is 0 Å². The van der Waals surface area contributed by atoms with E-state index < -0.39 is 18.0 Å². The number of hydrogen-bond donors (Lipinski definition) is 2. The summed E-state index contributed by atoms with van der Waals surface area (Å²) in [6.07, 6.45) is 3.62. The molecule has 0 spiro atoms. The third-order valence-corrected chi connectivity index (χ3v) is 2.76. The van der Waals surface area contributed by atoms with Gasteiger partial charge >= 0.3 is 12.0 Å². The molecule has 0 bridgehead atoms. The minimum Gasteiger partial charge on any atom is -0.480 e. The van der Waals surface area contributed by atoms with E-state index in [0.717, 1.165) is 12.8 Å². The Morgan fingerprint density at radius 1 is 1.53 bits per heavy atom. The van der Waals surface area contributed by atoms with Crippen molar-refractivity contribution in [3.8, 4) is 0 Å². The summed E-state index contributed by atoms with van der Waals surface area (Å²) < 4.78 is 5.13. The van der Waals surface area contributed by atoms with E-state index in [9.17, 15) is 9.59 Å². The molecule has 1 heterocycles. The summed E-state index contributed by atoms with van der Waals surface area (Å²) in [4.78, 5) is 24.3. The Balaban J connectivity index is 2.48. The number of carbonyl (C=O) groups excluding carboxylic acids is 1. The highest BCUT2D eigenvalue weighted by molar-refractivity contribution is 5.82. The maximum Gasteiger partial charge on any atom is 0.326 e. The molecule has 2 N–H and O–H groups in total. The summed E-state index contributed by atoms with van der Waals surface area (Å²) in [6, 6.07) is 2.24. The van der Waals surface area contributed by atoms with Crippen LogP contribution in [0.3, 0.4) is 0 Å². The van der Waals surface area contributed by atoms with Gasteiger partial charge in [0.1, 0.15) is 11.8 Å². The van der Waals surface area contributed by atoms with Gasteiger partial charge in [-0.25, -0.2) is 9.59 Å². The van der Waals surface area contributed by atoms with Crippen LogP contribution in [0.2, 0.25) is 0 Å². The molecule has 0 aliphatic carbocycles. The van der Waals surface area contributed by atoms with Gasteiger partial charge in [-0.15, -0.1) is 0 Å². The third-order valence-electron chi connectivity index (χ3n) is 2.76. The van der Waals surface area contributed by atoms with Gasteiger partial charge in [-0.1, -0.05) is 19.8 Å². The number of aliphatic carboxylic acids is 1. The van der Waals surface area contributed by atoms with E-state index in [0.29, 0.717) is 18.7 Å². The van der Waals surface area contributed by atoms with Crippen molar-refractivity contribution in [2.75, 3.05) is 7.05 Å². The van der Waals surface area contributed by atoms with Crippen molar-refractivity contribution in [1.29, 1.82) is 0 Å². The number of carbonyl (C=O) groups is 2. The molecular weight excluding hydrogens is 248 g/mol. The molecule has 0 radical (unpaired) electrons. The fourth-order valence-corrected chi connectivity index (χ4v) is 1.63. The number of nitrogens with one attached hydrogen (secondary N) is 1. The molecule has 106 valence electrons. The van der Waals surface area contributed by atoms with E-state index >= 15 is 0 Å². The number of hydrogen-bond acceptors (Lipinski definition) is 3. The van der Waals surface area contributed by atoms with Crippen LogP contribution < -0.4 is 5.32 Å². The highest BCUT2D eigenvalue weighted by Crippen LogP contribution is 2.05. The Morgan fingerprint density at radius 3 is 2.79 bits per heavy atom. The number of rotatable bonds is 7. The normalized spacial score (nSPS) is 11.9. The average molecular weight is 268 g/mol. The highest BCUT2D eigenvalue weighted by atomic mass is 16.4. The molecule has 19 heavy (non-hydrogen) atoms. The Labute approximate surface area is 112 Å². The predicted octanol–water partition coefficient (Wildman–Crippen LogP) is 2.06. The zero-order valence-electron chi connectivity index (χ0n) is 11.3. The molecule has 0 aromatic carbocycles. The van der Waals surface area contributed by atoms with E-state index in [1.54, 1.807) is 19.2 Å². The molecule has 0 fully saturated rings. The fraction of sp³-hybridized carbons (Fsp3) is 0.538. The Kier molecular flexibility index (Phi) is 5.92. The quantitative estimate of drug-likeness (QED) is 0.793. The number of amides is 2. The third kappa shape index (κ3) is 5.03. The Morgan fingerprint density at radius 2 is 2.26 bits per heavy atom. The van der Waals surface area contributed by atoms with Crippen LogP contribution in [0.15, 0.2) is 22.8 Å². The van der Waals surface area contributed by atoms with Crippen LogP contribution in [-0.2, 0) is 11.3 Å². The zero-order valence-corrected chi connectivity index (χ0v) is 11.3. The van der Waals surface area contributed by atoms with Crippen molar-refractivity contribution in [3.63, 3.8) is 0 Å². The fourth-order valence-electron chi connectivity index (χ4n) is 1.63. The van der Waals surface area contributed by atoms with Gasteiger partial charge in [0.15, 0.2) is 0 Å². The number of nitrogens with zero attached hydrogens (tertiary/aromatic N) is 1. The minimum atomic E-state index is -1.01. The smallest absolute Gasteiger partial charge is 0.326 e. The second-order valence-electron chi connectivity index (χ2n) is 4.42. The second kappa shape index (κ2) is 7.45. The number of unbranched alkanes of at least 4 members (excludes halogenated alkanes) is 1. The van der Waals surface area contributed by atoms with Crippen LogP contribution in [0.25, 0.3) is 0 Å². The highest BCUT2D eigenvalue weighted by Gasteiger charge is 2.21. The van der Waals surface area contributed by atoms with Gasteiger partial charge in [-0.3, -0.25) is 0 Å². The molecule has 1 aromatic rings. The van der Waals surface area contributed by atoms with Crippen LogP contribution in [-0.4, -0.2) is 35.1 Å². The largest absolute Gasteiger partial charge is 0.480 e. The molecular formula is C13H20N2O4. The van der Waals surface area contributed by atoms with Crippen molar-refractivity contribution in [3.05, 3.63) is 24.2 Å². The first-order chi connectivity index (χ1) is 9.04. The molecule has 1 aromatic heterocycles. The molecule has 0 saturated carbocycles. The Hall–Kier alpha value is -1.98. The number of urea groups is 1. The lowest BCUT2D eigenvalue weighted by Gasteiger charge is -2.20. The predicted molar refractivity (Wildman–Crippen MR) is 69.7 cm³/mol. The maximum atomic E-state index is 11.9. The number of furan rings is 1. The average Bonchev–Trinajstić information content (AvgIpc) is 2.86. The summed E-state index contributed by atoms with van der Waals surface area (Å²) in [7, 11) is 1.59. The van der Waals surface area contributed by atoms with Crippen LogP contribution in [0.5, 0.6) is 0 Å². The lowest BCUT2D eigenvalue weighted by atomic mass is 10.1. The van der Waals surface area contributed by atoms with Gasteiger partial charge in [0, 0.05) is 7.05 Å². The SMILES string of the molecule is CCCCC(NC(=O)N(C)Cc1ccco1)C(=O)O. The van der Waals surface area contributed by atoms with Crippen LogP contribution in [0, 0.1) is 0 Å². The van der Waals surface area contributed by atoms with Crippen LogP contribution in [0.4, 0.5) is 4.79 Å². The summed E-state index contributed by atoms with van der Waals surface area (Å²) in [5.41, 5.74) is 0. The summed E-state index contributed by atoms with van der Waals surface area (Å²) >= 11 is 0. The maximum absolute atomic E-state index is 11.9. The Bertz CT molecular complexity index is 403. The molecule has 6 nitrogen and oxygen atoms in total. The van der Waals surface area contributed by atoms with Gasteiger partial charge in [0.2, 0.25) is 0 Å². The van der Waals surface area contributed by atoms with Crippen LogP contribution in [0.1, 0.15) is 31.9 Å². The lowest BCUT2D eigenvalue weighted by molar-refractivity contribution is -0.139. The lowest BCUT2D eigenvalue weighted by Crippen LogP contribution is -2.46. The topological polar surface area (TPSA) is 82.8 Å². The monoisotopic (exact) mass is 268 g/mol. The van der Waals surface area contributed by atoms with Gasteiger partial charge < -0.3 is 19.7 Å². The van der Waals surface area contributed by atoms with Gasteiger partial charge in [-0.2, -0.15) is 0 Å². The van der Waals surface area contributed by atoms with Crippen molar-refractivity contribution in [2.45, 2.75) is 38.8 Å². The zero-order chi connectivity index (χ0) is 14.3. The first-order valence-corrected chi connectivity index (χ1v) is 6.31. The van der Waals surface area contributed by atoms with E-state index in [-0.39, 0.29) is 0 Å². The summed E-state index contributed by atoms with van der Waals surface area (Å²) in [5, 5.41) is 11.5. The van der Waals surface area contributed by atoms with E-state index in [1.165, 1.54) is 11.2 Å². The molecule has 2 amide bonds. The van der Waals surface area contributed by atoms with Crippen molar-refractivity contribution >= 4 is 12.0 Å². The number of carboxylic acid groups (broad SMARTS) is 1. The second-order valence-corrected chi connectivity index (χ2v) is 4.42. The first kappa shape index (κ1) is 15.1. The summed E-state index contributed by atoms with van der Waals surface area (Å²) in [5.74, 6) is -0.355. The van der Waals surface area contributed by atoms with Crippen molar-refractivity contribution in [1.82, 2.24) is 10.2 Å². The van der Waals surface area contributed by atoms with E-state index in [4.69, 9.17) is 9.52 Å².